The van der Waals surface area contributed by atoms with Gasteiger partial charge >= 0.3 is 0 Å². The van der Waals surface area contributed by atoms with Gasteiger partial charge in [-0.1, -0.05) is 12.1 Å². The van der Waals surface area contributed by atoms with Crippen molar-refractivity contribution in [1.82, 2.24) is 4.90 Å². The summed E-state index contributed by atoms with van der Waals surface area (Å²) in [7, 11) is 1.54. The van der Waals surface area contributed by atoms with Gasteiger partial charge in [0, 0.05) is 13.1 Å². The molecule has 1 aromatic rings. The van der Waals surface area contributed by atoms with E-state index >= 15 is 0 Å². The number of carbonyl (C=O) groups excluding carboxylic acids is 2. The average molecular weight is 335 g/mol. The quantitative estimate of drug-likeness (QED) is 0.775. The molecule has 7 heteroatoms. The molecular weight excluding hydrogens is 310 g/mol. The van der Waals surface area contributed by atoms with E-state index in [0.717, 1.165) is 6.42 Å². The number of nitrogens with one attached hydrogen (secondary N) is 1. The Morgan fingerprint density at radius 1 is 1.38 bits per heavy atom. The zero-order valence-electron chi connectivity index (χ0n) is 14.2. The molecule has 24 heavy (non-hydrogen) atoms. The predicted molar refractivity (Wildman–Crippen MR) is 90.8 cm³/mol. The van der Waals surface area contributed by atoms with Gasteiger partial charge in [0.25, 0.3) is 5.91 Å². The van der Waals surface area contributed by atoms with Crippen LogP contribution in [-0.4, -0.2) is 55.7 Å². The van der Waals surface area contributed by atoms with Crippen molar-refractivity contribution in [2.24, 2.45) is 5.73 Å². The minimum atomic E-state index is -0.502. The van der Waals surface area contributed by atoms with Crippen LogP contribution in [0.4, 0.5) is 5.69 Å². The third kappa shape index (κ3) is 4.46. The minimum absolute atomic E-state index is 0.0272. The highest BCUT2D eigenvalue weighted by atomic mass is 16.5. The summed E-state index contributed by atoms with van der Waals surface area (Å²) in [5.41, 5.74) is 6.15. The van der Waals surface area contributed by atoms with Gasteiger partial charge in [0.15, 0.2) is 0 Å². The molecule has 1 heterocycles. The fraction of sp³-hybridized carbons (Fsp3) is 0.529. The van der Waals surface area contributed by atoms with E-state index in [0.29, 0.717) is 30.9 Å². The van der Waals surface area contributed by atoms with E-state index in [1.165, 1.54) is 12.0 Å². The maximum Gasteiger partial charge on any atom is 0.252 e. The van der Waals surface area contributed by atoms with E-state index < -0.39 is 6.10 Å². The third-order valence-corrected chi connectivity index (χ3v) is 4.05. The Kier molecular flexibility index (Phi) is 6.57. The number of nitrogens with zero attached hydrogens (tertiary/aromatic N) is 1. The maximum atomic E-state index is 12.5. The number of rotatable bonds is 7. The monoisotopic (exact) mass is 335 g/mol. The standard InChI is InChI=1S/C17H25N3O4/c1-3-20(17(22)15-9-8-12(10-18)24-15)11-16(21)19-13-6-4-5-7-14(13)23-2/h4-7,12,15H,3,8-11,18H2,1-2H3,(H,19,21)/t12-,15+/m1/s1. The minimum Gasteiger partial charge on any atom is -0.495 e. The summed E-state index contributed by atoms with van der Waals surface area (Å²) in [6.45, 7) is 2.65. The van der Waals surface area contributed by atoms with Crippen LogP contribution in [0.15, 0.2) is 24.3 Å². The first-order chi connectivity index (χ1) is 11.6. The van der Waals surface area contributed by atoms with E-state index in [-0.39, 0.29) is 24.5 Å². The van der Waals surface area contributed by atoms with Gasteiger partial charge in [-0.15, -0.1) is 0 Å². The molecule has 2 amide bonds. The zero-order valence-corrected chi connectivity index (χ0v) is 14.2. The fourth-order valence-corrected chi connectivity index (χ4v) is 2.72. The van der Waals surface area contributed by atoms with Crippen molar-refractivity contribution < 1.29 is 19.1 Å². The second kappa shape index (κ2) is 8.65. The number of carbonyl (C=O) groups is 2. The third-order valence-electron chi connectivity index (χ3n) is 4.05. The number of para-hydroxylation sites is 2. The fourth-order valence-electron chi connectivity index (χ4n) is 2.72. The number of hydrogen-bond donors (Lipinski definition) is 2. The molecule has 132 valence electrons. The van der Waals surface area contributed by atoms with Gasteiger partial charge < -0.3 is 25.4 Å². The van der Waals surface area contributed by atoms with E-state index in [1.54, 1.807) is 18.2 Å². The number of anilines is 1. The van der Waals surface area contributed by atoms with Crippen molar-refractivity contribution in [2.75, 3.05) is 32.1 Å². The molecule has 1 fully saturated rings. The average Bonchev–Trinajstić information content (AvgIpc) is 3.08. The summed E-state index contributed by atoms with van der Waals surface area (Å²) >= 11 is 0. The lowest BCUT2D eigenvalue weighted by Gasteiger charge is -2.24. The van der Waals surface area contributed by atoms with Crippen molar-refractivity contribution in [2.45, 2.75) is 32.0 Å². The zero-order chi connectivity index (χ0) is 17.5. The van der Waals surface area contributed by atoms with Crippen LogP contribution in [0.2, 0.25) is 0 Å². The number of ether oxygens (including phenoxy) is 2. The normalized spacial score (nSPS) is 19.8. The van der Waals surface area contributed by atoms with Gasteiger partial charge in [0.05, 0.1) is 25.4 Å². The Morgan fingerprint density at radius 2 is 2.12 bits per heavy atom. The largest absolute Gasteiger partial charge is 0.495 e. The van der Waals surface area contributed by atoms with Crippen molar-refractivity contribution >= 4 is 17.5 Å². The molecule has 0 spiro atoms. The molecule has 0 radical (unpaired) electrons. The molecule has 1 aromatic carbocycles. The molecule has 0 bridgehead atoms. The van der Waals surface area contributed by atoms with Crippen LogP contribution in [0, 0.1) is 0 Å². The van der Waals surface area contributed by atoms with Crippen LogP contribution in [0.25, 0.3) is 0 Å². The van der Waals surface area contributed by atoms with Gasteiger partial charge in [0.1, 0.15) is 11.9 Å². The Balaban J connectivity index is 1.94. The van der Waals surface area contributed by atoms with E-state index in [1.807, 2.05) is 13.0 Å². The van der Waals surface area contributed by atoms with Crippen molar-refractivity contribution in [3.63, 3.8) is 0 Å². The van der Waals surface area contributed by atoms with Crippen LogP contribution in [0.3, 0.4) is 0 Å². The first-order valence-corrected chi connectivity index (χ1v) is 8.16. The summed E-state index contributed by atoms with van der Waals surface area (Å²) in [5.74, 6) is 0.136. The highest BCUT2D eigenvalue weighted by Gasteiger charge is 2.33. The van der Waals surface area contributed by atoms with Crippen molar-refractivity contribution in [3.05, 3.63) is 24.3 Å². The van der Waals surface area contributed by atoms with Crippen LogP contribution in [0.5, 0.6) is 5.75 Å². The van der Waals surface area contributed by atoms with Gasteiger partial charge in [-0.2, -0.15) is 0 Å². The van der Waals surface area contributed by atoms with Crippen molar-refractivity contribution in [1.29, 1.82) is 0 Å². The highest BCUT2D eigenvalue weighted by molar-refractivity contribution is 5.96. The molecule has 0 saturated carbocycles. The first kappa shape index (κ1) is 18.2. The van der Waals surface area contributed by atoms with Crippen LogP contribution >= 0.6 is 0 Å². The van der Waals surface area contributed by atoms with Gasteiger partial charge in [-0.25, -0.2) is 0 Å². The lowest BCUT2D eigenvalue weighted by Crippen LogP contribution is -2.43. The Morgan fingerprint density at radius 3 is 2.75 bits per heavy atom. The van der Waals surface area contributed by atoms with E-state index in [4.69, 9.17) is 15.2 Å². The molecule has 1 aliphatic rings. The molecule has 0 aliphatic carbocycles. The Hall–Kier alpha value is -2.12. The highest BCUT2D eigenvalue weighted by Crippen LogP contribution is 2.23. The number of benzene rings is 1. The topological polar surface area (TPSA) is 93.9 Å². The number of methoxy groups -OCH3 is 1. The second-order valence-corrected chi connectivity index (χ2v) is 5.66. The van der Waals surface area contributed by atoms with E-state index in [9.17, 15) is 9.59 Å². The number of nitrogens with two attached hydrogens (primary N) is 1. The number of likely N-dealkylation sites (N-methyl/N-ethyl adjacent to an activating group) is 1. The van der Waals surface area contributed by atoms with Gasteiger partial charge in [0.2, 0.25) is 5.91 Å². The molecular formula is C17H25N3O4. The summed E-state index contributed by atoms with van der Waals surface area (Å²) in [6, 6.07) is 7.14. The van der Waals surface area contributed by atoms with Crippen LogP contribution in [-0.2, 0) is 14.3 Å². The second-order valence-electron chi connectivity index (χ2n) is 5.66. The van der Waals surface area contributed by atoms with E-state index in [2.05, 4.69) is 5.32 Å². The van der Waals surface area contributed by atoms with Crippen molar-refractivity contribution in [3.8, 4) is 5.75 Å². The predicted octanol–water partition coefficient (Wildman–Crippen LogP) is 0.989. The number of amides is 2. The Labute approximate surface area is 142 Å². The Bertz CT molecular complexity index is 579. The number of hydrogen-bond acceptors (Lipinski definition) is 5. The molecule has 0 aromatic heterocycles. The van der Waals surface area contributed by atoms with Crippen LogP contribution < -0.4 is 15.8 Å². The summed E-state index contributed by atoms with van der Waals surface area (Å²) in [5, 5.41) is 2.77. The van der Waals surface area contributed by atoms with Crippen LogP contribution in [0.1, 0.15) is 19.8 Å². The summed E-state index contributed by atoms with van der Waals surface area (Å²) in [6.07, 6.45) is 0.848. The molecule has 1 aliphatic heterocycles. The SMILES string of the molecule is CCN(CC(=O)Nc1ccccc1OC)C(=O)[C@@H]1CC[C@H](CN)O1. The molecule has 3 N–H and O–H groups in total. The lowest BCUT2D eigenvalue weighted by atomic mass is 10.2. The lowest BCUT2D eigenvalue weighted by molar-refractivity contribution is -0.144. The summed E-state index contributed by atoms with van der Waals surface area (Å²) in [4.78, 5) is 26.3. The molecule has 1 saturated heterocycles. The smallest absolute Gasteiger partial charge is 0.252 e. The first-order valence-electron chi connectivity index (χ1n) is 8.16. The maximum absolute atomic E-state index is 12.5. The molecule has 7 nitrogen and oxygen atoms in total. The van der Waals surface area contributed by atoms with Gasteiger partial charge in [-0.3, -0.25) is 9.59 Å². The summed E-state index contributed by atoms with van der Waals surface area (Å²) < 4.78 is 10.8. The molecule has 2 rings (SSSR count). The molecule has 0 unspecified atom stereocenters. The molecule has 2 atom stereocenters. The van der Waals surface area contributed by atoms with Gasteiger partial charge in [-0.05, 0) is 31.9 Å².